The quantitative estimate of drug-likeness (QED) is 0.602. The molecule has 0 bridgehead atoms. The first-order chi connectivity index (χ1) is 5.86. The van der Waals surface area contributed by atoms with Crippen LogP contribution in [0.1, 0.15) is 5.56 Å². The lowest BCUT2D eigenvalue weighted by Gasteiger charge is -1.98. The molecule has 0 amide bonds. The molecule has 1 rings (SSSR count). The molecule has 1 aromatic rings. The topological polar surface area (TPSA) is 45.9 Å². The summed E-state index contributed by atoms with van der Waals surface area (Å²) >= 11 is 0. The summed E-state index contributed by atoms with van der Waals surface area (Å²) in [6, 6.07) is 5.18. The normalized spacial score (nSPS) is 8.17. The highest BCUT2D eigenvalue weighted by Crippen LogP contribution is 2.05. The Bertz CT molecular complexity index is 329. The number of rotatable bonds is 2. The van der Waals surface area contributed by atoms with Crippen molar-refractivity contribution in [3.63, 3.8) is 0 Å². The largest absolute Gasteiger partial charge is 0.464 e. The van der Waals surface area contributed by atoms with Gasteiger partial charge in [0, 0.05) is 12.3 Å². The van der Waals surface area contributed by atoms with Gasteiger partial charge in [0.1, 0.15) is 6.07 Å². The zero-order valence-electron chi connectivity index (χ0n) is 6.32. The van der Waals surface area contributed by atoms with Gasteiger partial charge in [-0.2, -0.15) is 5.26 Å². The monoisotopic (exact) mass is 158 g/mol. The second-order valence-electron chi connectivity index (χ2n) is 1.99. The van der Waals surface area contributed by atoms with Crippen molar-refractivity contribution < 1.29 is 4.74 Å². The average molecular weight is 158 g/mol. The van der Waals surface area contributed by atoms with Crippen LogP contribution < -0.4 is 4.74 Å². The molecular formula is C9H6N2O. The molecule has 58 valence electrons. The third-order valence-electron chi connectivity index (χ3n) is 1.17. The molecule has 0 aliphatic heterocycles. The van der Waals surface area contributed by atoms with Gasteiger partial charge in [-0.3, -0.25) is 0 Å². The molecule has 1 heterocycles. The third-order valence-corrected chi connectivity index (χ3v) is 1.17. The average Bonchev–Trinajstić information content (AvgIpc) is 2.15. The van der Waals surface area contributed by atoms with Crippen LogP contribution in [0.2, 0.25) is 0 Å². The number of hydrogen-bond donors (Lipinski definition) is 0. The van der Waals surface area contributed by atoms with Gasteiger partial charge < -0.3 is 4.74 Å². The molecule has 12 heavy (non-hydrogen) atoms. The summed E-state index contributed by atoms with van der Waals surface area (Å²) in [4.78, 5) is 3.85. The van der Waals surface area contributed by atoms with Crippen molar-refractivity contribution >= 4 is 0 Å². The lowest BCUT2D eigenvalue weighted by molar-refractivity contribution is 0.355. The van der Waals surface area contributed by atoms with Crippen molar-refractivity contribution in [1.29, 1.82) is 5.26 Å². The summed E-state index contributed by atoms with van der Waals surface area (Å²) in [7, 11) is 0. The van der Waals surface area contributed by atoms with Crippen LogP contribution in [0, 0.1) is 23.7 Å². The predicted octanol–water partition coefficient (Wildman–Crippen LogP) is 0.965. The van der Waals surface area contributed by atoms with E-state index in [9.17, 15) is 0 Å². The number of terminal acetylenes is 1. The van der Waals surface area contributed by atoms with Gasteiger partial charge in [-0.25, -0.2) is 4.98 Å². The first-order valence-corrected chi connectivity index (χ1v) is 3.29. The standard InChI is InChI=1S/C9H6N2O/c1-2-5-12-9-4-3-8(6-10)7-11-9/h1,3-4,7H,5H2. The fourth-order valence-electron chi connectivity index (χ4n) is 0.647. The molecule has 0 radical (unpaired) electrons. The van der Waals surface area contributed by atoms with E-state index in [2.05, 4.69) is 10.9 Å². The Balaban J connectivity index is 2.68. The van der Waals surface area contributed by atoms with E-state index in [0.717, 1.165) is 0 Å². The Morgan fingerprint density at radius 2 is 2.42 bits per heavy atom. The Morgan fingerprint density at radius 1 is 1.58 bits per heavy atom. The number of hydrogen-bond acceptors (Lipinski definition) is 3. The Hall–Kier alpha value is -2.00. The van der Waals surface area contributed by atoms with Crippen LogP contribution in [0.3, 0.4) is 0 Å². The van der Waals surface area contributed by atoms with E-state index >= 15 is 0 Å². The lowest BCUT2D eigenvalue weighted by Crippen LogP contribution is -1.95. The number of pyridine rings is 1. The van der Waals surface area contributed by atoms with Gasteiger partial charge in [-0.15, -0.1) is 6.42 Å². The van der Waals surface area contributed by atoms with Crippen LogP contribution in [-0.4, -0.2) is 11.6 Å². The smallest absolute Gasteiger partial charge is 0.214 e. The second-order valence-corrected chi connectivity index (χ2v) is 1.99. The molecule has 0 atom stereocenters. The maximum atomic E-state index is 8.44. The molecule has 3 heteroatoms. The first kappa shape index (κ1) is 8.10. The summed E-state index contributed by atoms with van der Waals surface area (Å²) in [6.45, 7) is 0.193. The van der Waals surface area contributed by atoms with E-state index in [-0.39, 0.29) is 6.61 Å². The number of nitrogens with zero attached hydrogens (tertiary/aromatic N) is 2. The van der Waals surface area contributed by atoms with Crippen molar-refractivity contribution in [2.75, 3.05) is 6.61 Å². The molecule has 1 aromatic heterocycles. The molecule has 0 spiro atoms. The van der Waals surface area contributed by atoms with Crippen LogP contribution in [-0.2, 0) is 0 Å². The fraction of sp³-hybridized carbons (Fsp3) is 0.111. The van der Waals surface area contributed by atoms with E-state index in [1.807, 2.05) is 6.07 Å². The molecule has 0 unspecified atom stereocenters. The van der Waals surface area contributed by atoms with Gasteiger partial charge in [-0.05, 0) is 6.07 Å². The van der Waals surface area contributed by atoms with Crippen molar-refractivity contribution in [2.24, 2.45) is 0 Å². The Kier molecular flexibility index (Phi) is 2.70. The summed E-state index contributed by atoms with van der Waals surface area (Å²) in [6.07, 6.45) is 6.41. The van der Waals surface area contributed by atoms with Crippen molar-refractivity contribution in [3.05, 3.63) is 23.9 Å². The molecule has 0 aliphatic rings. The number of ether oxygens (including phenoxy) is 1. The first-order valence-electron chi connectivity index (χ1n) is 3.29. The SMILES string of the molecule is C#CCOc1ccc(C#N)cn1. The van der Waals surface area contributed by atoms with E-state index in [4.69, 9.17) is 16.4 Å². The van der Waals surface area contributed by atoms with E-state index < -0.39 is 0 Å². The molecule has 0 fully saturated rings. The Labute approximate surface area is 70.6 Å². The van der Waals surface area contributed by atoms with Gasteiger partial charge in [0.25, 0.3) is 0 Å². The van der Waals surface area contributed by atoms with Crippen LogP contribution in [0.5, 0.6) is 5.88 Å². The summed E-state index contributed by atoms with van der Waals surface area (Å²) in [5.41, 5.74) is 0.503. The molecule has 0 aliphatic carbocycles. The minimum atomic E-state index is 0.193. The zero-order valence-corrected chi connectivity index (χ0v) is 6.32. The lowest BCUT2D eigenvalue weighted by atomic mass is 10.3. The molecule has 0 aromatic carbocycles. The second kappa shape index (κ2) is 4.00. The summed E-state index contributed by atoms with van der Waals surface area (Å²) < 4.78 is 5.00. The van der Waals surface area contributed by atoms with Crippen LogP contribution >= 0.6 is 0 Å². The highest BCUT2D eigenvalue weighted by atomic mass is 16.5. The van der Waals surface area contributed by atoms with E-state index in [1.54, 1.807) is 12.1 Å². The van der Waals surface area contributed by atoms with Gasteiger partial charge in [0.15, 0.2) is 6.61 Å². The van der Waals surface area contributed by atoms with Crippen molar-refractivity contribution in [3.8, 4) is 24.3 Å². The summed E-state index contributed by atoms with van der Waals surface area (Å²) in [5, 5.41) is 8.44. The van der Waals surface area contributed by atoms with Crippen LogP contribution in [0.4, 0.5) is 0 Å². The van der Waals surface area contributed by atoms with Crippen molar-refractivity contribution in [1.82, 2.24) is 4.98 Å². The van der Waals surface area contributed by atoms with Gasteiger partial charge in [0.2, 0.25) is 5.88 Å². The fourth-order valence-corrected chi connectivity index (χ4v) is 0.647. The molecule has 3 nitrogen and oxygen atoms in total. The minimum Gasteiger partial charge on any atom is -0.464 e. The van der Waals surface area contributed by atoms with Crippen LogP contribution in [0.25, 0.3) is 0 Å². The Morgan fingerprint density at radius 3 is 2.92 bits per heavy atom. The van der Waals surface area contributed by atoms with Gasteiger partial charge in [0.05, 0.1) is 5.56 Å². The molecule has 0 saturated heterocycles. The van der Waals surface area contributed by atoms with Crippen LogP contribution in [0.15, 0.2) is 18.3 Å². The maximum absolute atomic E-state index is 8.44. The van der Waals surface area contributed by atoms with E-state index in [0.29, 0.717) is 11.4 Å². The van der Waals surface area contributed by atoms with E-state index in [1.165, 1.54) is 6.20 Å². The number of aromatic nitrogens is 1. The third kappa shape index (κ3) is 2.00. The van der Waals surface area contributed by atoms with Crippen molar-refractivity contribution in [2.45, 2.75) is 0 Å². The number of nitriles is 1. The summed E-state index contributed by atoms with van der Waals surface area (Å²) in [5.74, 6) is 2.75. The highest BCUT2D eigenvalue weighted by molar-refractivity contribution is 5.28. The predicted molar refractivity (Wildman–Crippen MR) is 43.3 cm³/mol. The highest BCUT2D eigenvalue weighted by Gasteiger charge is 1.93. The molecule has 0 saturated carbocycles. The zero-order chi connectivity index (χ0) is 8.81. The minimum absolute atomic E-state index is 0.193. The molecule has 0 N–H and O–H groups in total. The van der Waals surface area contributed by atoms with Gasteiger partial charge in [-0.1, -0.05) is 5.92 Å². The van der Waals surface area contributed by atoms with Gasteiger partial charge >= 0.3 is 0 Å². The molecular weight excluding hydrogens is 152 g/mol. The maximum Gasteiger partial charge on any atom is 0.214 e.